The molecule has 3 nitrogen and oxygen atoms in total. The van der Waals surface area contributed by atoms with Crippen LogP contribution in [0, 0.1) is 0 Å². The lowest BCUT2D eigenvalue weighted by Crippen LogP contribution is -2.32. The quantitative estimate of drug-likeness (QED) is 0.924. The van der Waals surface area contributed by atoms with E-state index in [0.29, 0.717) is 0 Å². The number of aromatic nitrogens is 2. The second kappa shape index (κ2) is 4.52. The third kappa shape index (κ3) is 1.99. The van der Waals surface area contributed by atoms with Crippen LogP contribution >= 0.6 is 15.9 Å². The monoisotopic (exact) mass is 305 g/mol. The fourth-order valence-electron chi connectivity index (χ4n) is 2.71. The van der Waals surface area contributed by atoms with Gasteiger partial charge in [0.1, 0.15) is 4.60 Å². The molecule has 2 N–H and O–H groups in total. The van der Waals surface area contributed by atoms with Gasteiger partial charge in [0.2, 0.25) is 0 Å². The highest BCUT2D eigenvalue weighted by molar-refractivity contribution is 9.10. The zero-order chi connectivity index (χ0) is 12.6. The summed E-state index contributed by atoms with van der Waals surface area (Å²) in [5.74, 6) is 0. The van der Waals surface area contributed by atoms with Gasteiger partial charge in [-0.25, -0.2) is 4.68 Å². The van der Waals surface area contributed by atoms with Crippen molar-refractivity contribution in [2.24, 2.45) is 5.73 Å². The summed E-state index contributed by atoms with van der Waals surface area (Å²) in [6.07, 6.45) is 6.45. The van der Waals surface area contributed by atoms with Gasteiger partial charge >= 0.3 is 0 Å². The van der Waals surface area contributed by atoms with Crippen LogP contribution in [-0.4, -0.2) is 9.78 Å². The molecule has 1 aliphatic carbocycles. The topological polar surface area (TPSA) is 43.8 Å². The largest absolute Gasteiger partial charge is 0.321 e. The molecule has 1 heterocycles. The number of hydrogen-bond acceptors (Lipinski definition) is 2. The molecular formula is C14H16BrN3. The van der Waals surface area contributed by atoms with E-state index in [4.69, 9.17) is 5.73 Å². The van der Waals surface area contributed by atoms with Crippen molar-refractivity contribution in [3.8, 4) is 5.69 Å². The van der Waals surface area contributed by atoms with Gasteiger partial charge in [-0.3, -0.25) is 0 Å². The molecule has 94 valence electrons. The van der Waals surface area contributed by atoms with E-state index in [1.54, 1.807) is 6.20 Å². The summed E-state index contributed by atoms with van der Waals surface area (Å²) in [6, 6.07) is 10.4. The van der Waals surface area contributed by atoms with Gasteiger partial charge < -0.3 is 5.73 Å². The van der Waals surface area contributed by atoms with Gasteiger partial charge in [0, 0.05) is 5.54 Å². The van der Waals surface area contributed by atoms with Gasteiger partial charge in [0.15, 0.2) is 0 Å². The van der Waals surface area contributed by atoms with E-state index in [-0.39, 0.29) is 5.54 Å². The molecule has 4 heteroatoms. The Morgan fingerprint density at radius 3 is 2.33 bits per heavy atom. The van der Waals surface area contributed by atoms with E-state index < -0.39 is 0 Å². The second-order valence-electron chi connectivity index (χ2n) is 4.98. The molecule has 18 heavy (non-hydrogen) atoms. The Bertz CT molecular complexity index is 538. The summed E-state index contributed by atoms with van der Waals surface area (Å²) in [4.78, 5) is 0. The molecular weight excluding hydrogens is 290 g/mol. The molecule has 3 rings (SSSR count). The number of nitrogens with two attached hydrogens (primary N) is 1. The van der Waals surface area contributed by atoms with E-state index >= 15 is 0 Å². The Hall–Kier alpha value is -1.13. The molecule has 1 aromatic carbocycles. The lowest BCUT2D eigenvalue weighted by molar-refractivity contribution is 0.461. The molecule has 1 fully saturated rings. The van der Waals surface area contributed by atoms with E-state index in [9.17, 15) is 0 Å². The fourth-order valence-corrected chi connectivity index (χ4v) is 3.12. The van der Waals surface area contributed by atoms with Crippen LogP contribution in [0.25, 0.3) is 5.69 Å². The Kier molecular flexibility index (Phi) is 2.99. The maximum absolute atomic E-state index is 6.45. The average molecular weight is 306 g/mol. The Labute approximate surface area is 115 Å². The van der Waals surface area contributed by atoms with Crippen molar-refractivity contribution in [1.29, 1.82) is 0 Å². The summed E-state index contributed by atoms with van der Waals surface area (Å²) in [5, 5.41) is 4.27. The van der Waals surface area contributed by atoms with Gasteiger partial charge in [-0.15, -0.1) is 0 Å². The zero-order valence-corrected chi connectivity index (χ0v) is 11.7. The van der Waals surface area contributed by atoms with Crippen molar-refractivity contribution >= 4 is 15.9 Å². The van der Waals surface area contributed by atoms with Crippen molar-refractivity contribution in [2.45, 2.75) is 31.2 Å². The minimum atomic E-state index is -0.111. The first kappa shape index (κ1) is 11.9. The second-order valence-corrected chi connectivity index (χ2v) is 5.79. The van der Waals surface area contributed by atoms with Gasteiger partial charge in [-0.05, 0) is 52.5 Å². The molecule has 0 unspecified atom stereocenters. The molecule has 0 bridgehead atoms. The molecule has 0 spiro atoms. The van der Waals surface area contributed by atoms with Gasteiger partial charge in [0.05, 0.1) is 11.9 Å². The SMILES string of the molecule is NC1(c2ccc(-n3nccc3Br)cc2)CCCC1. The lowest BCUT2D eigenvalue weighted by atomic mass is 9.89. The minimum Gasteiger partial charge on any atom is -0.321 e. The van der Waals surface area contributed by atoms with E-state index in [1.165, 1.54) is 18.4 Å². The van der Waals surface area contributed by atoms with Crippen molar-refractivity contribution in [1.82, 2.24) is 9.78 Å². The van der Waals surface area contributed by atoms with E-state index in [2.05, 4.69) is 45.3 Å². The highest BCUT2D eigenvalue weighted by atomic mass is 79.9. The Morgan fingerprint density at radius 1 is 1.11 bits per heavy atom. The van der Waals surface area contributed by atoms with Gasteiger partial charge in [-0.1, -0.05) is 25.0 Å². The third-order valence-electron chi connectivity index (χ3n) is 3.78. The average Bonchev–Trinajstić information content (AvgIpc) is 2.99. The van der Waals surface area contributed by atoms with Crippen LogP contribution in [0.4, 0.5) is 0 Å². The van der Waals surface area contributed by atoms with Crippen molar-refractivity contribution in [2.75, 3.05) is 0 Å². The minimum absolute atomic E-state index is 0.111. The van der Waals surface area contributed by atoms with Crippen LogP contribution < -0.4 is 5.73 Å². The Balaban J connectivity index is 1.92. The Morgan fingerprint density at radius 2 is 1.78 bits per heavy atom. The first-order valence-electron chi connectivity index (χ1n) is 6.28. The van der Waals surface area contributed by atoms with Crippen molar-refractivity contribution in [3.05, 3.63) is 46.7 Å². The van der Waals surface area contributed by atoms with Crippen LogP contribution in [0.15, 0.2) is 41.1 Å². The van der Waals surface area contributed by atoms with Crippen LogP contribution in [0.3, 0.4) is 0 Å². The highest BCUT2D eigenvalue weighted by Crippen LogP contribution is 2.36. The summed E-state index contributed by atoms with van der Waals surface area (Å²) < 4.78 is 2.82. The molecule has 0 aliphatic heterocycles. The fraction of sp³-hybridized carbons (Fsp3) is 0.357. The zero-order valence-electron chi connectivity index (χ0n) is 10.1. The van der Waals surface area contributed by atoms with Gasteiger partial charge in [0.25, 0.3) is 0 Å². The summed E-state index contributed by atoms with van der Waals surface area (Å²) >= 11 is 3.47. The smallest absolute Gasteiger partial charge is 0.109 e. The number of hydrogen-bond donors (Lipinski definition) is 1. The van der Waals surface area contributed by atoms with E-state index in [0.717, 1.165) is 23.1 Å². The van der Waals surface area contributed by atoms with Gasteiger partial charge in [-0.2, -0.15) is 5.10 Å². The molecule has 1 aromatic heterocycles. The standard InChI is InChI=1S/C14H16BrN3/c15-13-7-10-17-18(13)12-5-3-11(4-6-12)14(16)8-1-2-9-14/h3-7,10H,1-2,8-9,16H2. The molecule has 1 saturated carbocycles. The first-order valence-corrected chi connectivity index (χ1v) is 7.08. The maximum Gasteiger partial charge on any atom is 0.109 e. The first-order chi connectivity index (χ1) is 8.69. The predicted molar refractivity (Wildman–Crippen MR) is 75.6 cm³/mol. The lowest BCUT2D eigenvalue weighted by Gasteiger charge is -2.24. The van der Waals surface area contributed by atoms with E-state index in [1.807, 2.05) is 10.7 Å². The van der Waals surface area contributed by atoms with Crippen LogP contribution in [-0.2, 0) is 5.54 Å². The molecule has 0 radical (unpaired) electrons. The number of rotatable bonds is 2. The van der Waals surface area contributed by atoms with Crippen LogP contribution in [0.1, 0.15) is 31.2 Å². The summed E-state index contributed by atoms with van der Waals surface area (Å²) in [5.41, 5.74) is 8.63. The normalized spacial score (nSPS) is 18.1. The molecule has 0 atom stereocenters. The number of halogens is 1. The van der Waals surface area contributed by atoms with Crippen molar-refractivity contribution < 1.29 is 0 Å². The summed E-state index contributed by atoms with van der Waals surface area (Å²) in [7, 11) is 0. The number of nitrogens with zero attached hydrogens (tertiary/aromatic N) is 2. The molecule has 1 aliphatic rings. The molecule has 0 saturated heterocycles. The molecule has 2 aromatic rings. The highest BCUT2D eigenvalue weighted by Gasteiger charge is 2.30. The van der Waals surface area contributed by atoms with Crippen LogP contribution in [0.2, 0.25) is 0 Å². The summed E-state index contributed by atoms with van der Waals surface area (Å²) in [6.45, 7) is 0. The molecule has 0 amide bonds. The number of benzene rings is 1. The maximum atomic E-state index is 6.45. The third-order valence-corrected chi connectivity index (χ3v) is 4.38. The van der Waals surface area contributed by atoms with Crippen molar-refractivity contribution in [3.63, 3.8) is 0 Å². The predicted octanol–water partition coefficient (Wildman–Crippen LogP) is 3.36. The van der Waals surface area contributed by atoms with Crippen LogP contribution in [0.5, 0.6) is 0 Å².